The summed E-state index contributed by atoms with van der Waals surface area (Å²) in [7, 11) is -1.26. The van der Waals surface area contributed by atoms with E-state index in [1.807, 2.05) is 14.0 Å². The minimum absolute atomic E-state index is 0.420. The van der Waals surface area contributed by atoms with E-state index in [0.29, 0.717) is 17.8 Å². The normalized spacial score (nSPS) is 21.8. The summed E-state index contributed by atoms with van der Waals surface area (Å²) < 4.78 is 25.2. The first-order valence-corrected chi connectivity index (χ1v) is 12.3. The Morgan fingerprint density at radius 2 is 2.04 bits per heavy atom. The topological polar surface area (TPSA) is 65.0 Å². The fourth-order valence-corrected chi connectivity index (χ4v) is 6.37. The minimum atomic E-state index is -3.10. The largest absolute Gasteiger partial charge is 0.356 e. The van der Waals surface area contributed by atoms with E-state index in [0.717, 1.165) is 32.0 Å². The number of hydrogen-bond acceptors (Lipinski definition) is 4. The third-order valence-corrected chi connectivity index (χ3v) is 8.13. The van der Waals surface area contributed by atoms with Crippen molar-refractivity contribution in [2.24, 2.45) is 4.99 Å². The molecule has 2 aliphatic rings. The second-order valence-electron chi connectivity index (χ2n) is 7.10. The molecule has 0 aromatic heterocycles. The Morgan fingerprint density at radius 3 is 2.64 bits per heavy atom. The molecule has 25 heavy (non-hydrogen) atoms. The molecule has 1 saturated heterocycles. The molecule has 8 heteroatoms. The van der Waals surface area contributed by atoms with E-state index in [2.05, 4.69) is 27.0 Å². The lowest BCUT2D eigenvalue weighted by molar-refractivity contribution is 0.293. The van der Waals surface area contributed by atoms with E-state index in [9.17, 15) is 8.42 Å². The van der Waals surface area contributed by atoms with Crippen molar-refractivity contribution < 1.29 is 8.42 Å². The number of nitrogens with one attached hydrogen (secondary N) is 1. The fraction of sp³-hybridized carbons (Fsp3) is 0.941. The number of guanidine groups is 1. The van der Waals surface area contributed by atoms with Crippen LogP contribution in [-0.4, -0.2) is 80.1 Å². The number of hydrogen-bond donors (Lipinski definition) is 1. The molecule has 1 heterocycles. The van der Waals surface area contributed by atoms with Gasteiger partial charge in [0.1, 0.15) is 0 Å². The molecule has 0 unspecified atom stereocenters. The summed E-state index contributed by atoms with van der Waals surface area (Å²) in [6.45, 7) is 5.83. The molecule has 0 bridgehead atoms. The van der Waals surface area contributed by atoms with Gasteiger partial charge in [0, 0.05) is 50.3 Å². The number of thioether (sulfide) groups is 1. The fourth-order valence-electron chi connectivity index (χ4n) is 3.87. The Hall–Kier alpha value is -0.470. The highest BCUT2D eigenvalue weighted by atomic mass is 32.2. The zero-order valence-electron chi connectivity index (χ0n) is 16.0. The van der Waals surface area contributed by atoms with Crippen molar-refractivity contribution in [3.8, 4) is 0 Å². The van der Waals surface area contributed by atoms with E-state index in [4.69, 9.17) is 0 Å². The summed E-state index contributed by atoms with van der Waals surface area (Å²) in [4.78, 5) is 6.86. The molecule has 0 aromatic rings. The summed E-state index contributed by atoms with van der Waals surface area (Å²) in [6.07, 6.45) is 8.79. The first kappa shape index (κ1) is 20.8. The number of sulfonamides is 1. The van der Waals surface area contributed by atoms with Gasteiger partial charge in [0.25, 0.3) is 0 Å². The minimum Gasteiger partial charge on any atom is -0.356 e. The molecule has 2 rings (SSSR count). The predicted molar refractivity (Wildman–Crippen MR) is 108 cm³/mol. The second-order valence-corrected chi connectivity index (χ2v) is 10.6. The van der Waals surface area contributed by atoms with E-state index >= 15 is 0 Å². The Labute approximate surface area is 157 Å². The van der Waals surface area contributed by atoms with Gasteiger partial charge in [0.15, 0.2) is 5.96 Å². The molecule has 6 nitrogen and oxygen atoms in total. The molecule has 0 radical (unpaired) electrons. The molecule has 146 valence electrons. The van der Waals surface area contributed by atoms with Crippen LogP contribution in [0.3, 0.4) is 0 Å². The Balaban J connectivity index is 1.82. The van der Waals surface area contributed by atoms with Crippen LogP contribution >= 0.6 is 11.8 Å². The van der Waals surface area contributed by atoms with Gasteiger partial charge in [0.2, 0.25) is 10.0 Å². The summed E-state index contributed by atoms with van der Waals surface area (Å²) >= 11 is 2.16. The van der Waals surface area contributed by atoms with Crippen LogP contribution < -0.4 is 5.32 Å². The zero-order chi connectivity index (χ0) is 18.3. The maximum atomic E-state index is 11.6. The van der Waals surface area contributed by atoms with Gasteiger partial charge in [-0.1, -0.05) is 26.2 Å². The lowest BCUT2D eigenvalue weighted by Crippen LogP contribution is -2.53. The first-order valence-electron chi connectivity index (χ1n) is 9.45. The number of nitrogens with zero attached hydrogens (tertiary/aromatic N) is 3. The molecule has 2 fully saturated rings. The summed E-state index contributed by atoms with van der Waals surface area (Å²) in [5, 5.41) is 3.44. The van der Waals surface area contributed by atoms with E-state index in [-0.39, 0.29) is 0 Å². The molecule has 1 spiro atoms. The number of aliphatic imine (C=N–C) groups is 1. The van der Waals surface area contributed by atoms with Gasteiger partial charge < -0.3 is 10.2 Å². The first-order chi connectivity index (χ1) is 11.9. The van der Waals surface area contributed by atoms with E-state index < -0.39 is 10.0 Å². The number of rotatable bonds is 6. The Morgan fingerprint density at radius 1 is 1.32 bits per heavy atom. The molecule has 0 amide bonds. The SMILES string of the molecule is CCN(CCCNC(=NC)N1CCSC2(CCCCC2)C1)S(C)(=O)=O. The molecular weight excluding hydrogens is 356 g/mol. The van der Waals surface area contributed by atoms with Gasteiger partial charge in [0.05, 0.1) is 6.26 Å². The van der Waals surface area contributed by atoms with Crippen LogP contribution in [0.15, 0.2) is 4.99 Å². The van der Waals surface area contributed by atoms with Crippen LogP contribution in [-0.2, 0) is 10.0 Å². The standard InChI is InChI=1S/C17H34N4O2S2/c1-4-21(25(3,22)23)12-8-11-19-16(18-2)20-13-14-24-17(15-20)9-6-5-7-10-17/h4-15H2,1-3H3,(H,18,19). The van der Waals surface area contributed by atoms with Gasteiger partial charge >= 0.3 is 0 Å². The third-order valence-electron chi connectivity index (χ3n) is 5.21. The highest BCUT2D eigenvalue weighted by Gasteiger charge is 2.38. The summed E-state index contributed by atoms with van der Waals surface area (Å²) in [5.41, 5.74) is 0. The van der Waals surface area contributed by atoms with Crippen molar-refractivity contribution in [2.75, 3.05) is 51.8 Å². The van der Waals surface area contributed by atoms with Crippen molar-refractivity contribution in [3.05, 3.63) is 0 Å². The molecule has 1 N–H and O–H groups in total. The zero-order valence-corrected chi connectivity index (χ0v) is 17.6. The van der Waals surface area contributed by atoms with Crippen LogP contribution in [0, 0.1) is 0 Å². The quantitative estimate of drug-likeness (QED) is 0.427. The highest BCUT2D eigenvalue weighted by molar-refractivity contribution is 8.00. The van der Waals surface area contributed by atoms with Crippen LogP contribution in [0.1, 0.15) is 45.4 Å². The lowest BCUT2D eigenvalue weighted by Gasteiger charge is -2.45. The molecule has 1 aliphatic carbocycles. The van der Waals surface area contributed by atoms with E-state index in [1.165, 1.54) is 48.4 Å². The van der Waals surface area contributed by atoms with Crippen molar-refractivity contribution in [3.63, 3.8) is 0 Å². The van der Waals surface area contributed by atoms with Gasteiger partial charge in [-0.3, -0.25) is 4.99 Å². The van der Waals surface area contributed by atoms with Crippen LogP contribution in [0.4, 0.5) is 0 Å². The van der Waals surface area contributed by atoms with Crippen LogP contribution in [0.25, 0.3) is 0 Å². The molecular formula is C17H34N4O2S2. The molecule has 1 saturated carbocycles. The summed E-state index contributed by atoms with van der Waals surface area (Å²) in [6, 6.07) is 0. The molecule has 0 aromatic carbocycles. The monoisotopic (exact) mass is 390 g/mol. The van der Waals surface area contributed by atoms with Crippen molar-refractivity contribution >= 4 is 27.7 Å². The highest BCUT2D eigenvalue weighted by Crippen LogP contribution is 2.42. The lowest BCUT2D eigenvalue weighted by atomic mass is 9.87. The Kier molecular flexibility index (Phi) is 7.89. The third kappa shape index (κ3) is 6.03. The van der Waals surface area contributed by atoms with Crippen molar-refractivity contribution in [1.82, 2.24) is 14.5 Å². The van der Waals surface area contributed by atoms with Gasteiger partial charge in [-0.15, -0.1) is 0 Å². The maximum Gasteiger partial charge on any atom is 0.211 e. The van der Waals surface area contributed by atoms with Crippen LogP contribution in [0.5, 0.6) is 0 Å². The summed E-state index contributed by atoms with van der Waals surface area (Å²) in [5.74, 6) is 2.13. The van der Waals surface area contributed by atoms with Gasteiger partial charge in [-0.25, -0.2) is 12.7 Å². The molecule has 0 atom stereocenters. The van der Waals surface area contributed by atoms with E-state index in [1.54, 1.807) is 0 Å². The van der Waals surface area contributed by atoms with Gasteiger partial charge in [-0.05, 0) is 19.3 Å². The van der Waals surface area contributed by atoms with Crippen molar-refractivity contribution in [2.45, 2.75) is 50.2 Å². The van der Waals surface area contributed by atoms with Crippen LogP contribution in [0.2, 0.25) is 0 Å². The van der Waals surface area contributed by atoms with Crippen molar-refractivity contribution in [1.29, 1.82) is 0 Å². The smallest absolute Gasteiger partial charge is 0.211 e. The maximum absolute atomic E-state index is 11.6. The average Bonchev–Trinajstić information content (AvgIpc) is 2.58. The predicted octanol–water partition coefficient (Wildman–Crippen LogP) is 1.99. The van der Waals surface area contributed by atoms with Gasteiger partial charge in [-0.2, -0.15) is 11.8 Å². The second kappa shape index (κ2) is 9.46. The Bertz CT molecular complexity index is 539. The molecule has 1 aliphatic heterocycles. The average molecular weight is 391 g/mol.